The van der Waals surface area contributed by atoms with Gasteiger partial charge in [0, 0.05) is 19.3 Å². The molecule has 8 nitrogen and oxygen atoms in total. The van der Waals surface area contributed by atoms with Gasteiger partial charge in [0.15, 0.2) is 18.1 Å². The molecule has 1 aliphatic heterocycles. The number of carbonyl (C=O) groups is 2. The number of nitrogens with one attached hydrogen (secondary N) is 1. The maximum absolute atomic E-state index is 12.3. The average molecular weight is 410 g/mol. The summed E-state index contributed by atoms with van der Waals surface area (Å²) in [6.07, 6.45) is 6.31. The molecule has 1 aromatic heterocycles. The van der Waals surface area contributed by atoms with Crippen LogP contribution >= 0.6 is 0 Å². The Morgan fingerprint density at radius 3 is 2.70 bits per heavy atom. The fourth-order valence-electron chi connectivity index (χ4n) is 3.09. The third kappa shape index (κ3) is 6.04. The van der Waals surface area contributed by atoms with Gasteiger partial charge in [0.25, 0.3) is 11.8 Å². The predicted molar refractivity (Wildman–Crippen MR) is 113 cm³/mol. The molecule has 2 heterocycles. The standard InChI is InChI=1S/C22H26N4O4/c1-2-29-20-14-17(15-24-25-22(28)18-8-4-5-11-23-18)9-10-19(20)30-16-21(27)26-12-6-3-7-13-26/h4-5,8-11,14-15H,2-3,6-7,12-13,16H2,1H3,(H,25,28)/b24-15+. The Morgan fingerprint density at radius 1 is 1.13 bits per heavy atom. The van der Waals surface area contributed by atoms with Crippen LogP contribution in [0.2, 0.25) is 0 Å². The van der Waals surface area contributed by atoms with Crippen molar-refractivity contribution in [2.75, 3.05) is 26.3 Å². The van der Waals surface area contributed by atoms with Gasteiger partial charge in [-0.25, -0.2) is 5.43 Å². The fourth-order valence-corrected chi connectivity index (χ4v) is 3.09. The molecule has 158 valence electrons. The zero-order chi connectivity index (χ0) is 21.2. The maximum Gasteiger partial charge on any atom is 0.289 e. The first-order valence-electron chi connectivity index (χ1n) is 10.1. The molecule has 2 aromatic rings. The molecule has 3 rings (SSSR count). The number of pyridine rings is 1. The van der Waals surface area contributed by atoms with Crippen LogP contribution in [-0.4, -0.2) is 54.2 Å². The van der Waals surface area contributed by atoms with Gasteiger partial charge in [0.2, 0.25) is 0 Å². The molecule has 0 atom stereocenters. The number of carbonyl (C=O) groups excluding carboxylic acids is 2. The SMILES string of the molecule is CCOc1cc(/C=N/NC(=O)c2ccccn2)ccc1OCC(=O)N1CCCCC1. The highest BCUT2D eigenvalue weighted by Crippen LogP contribution is 2.28. The van der Waals surface area contributed by atoms with Crippen molar-refractivity contribution in [2.24, 2.45) is 5.10 Å². The third-order valence-corrected chi connectivity index (χ3v) is 4.60. The van der Waals surface area contributed by atoms with E-state index in [0.717, 1.165) is 31.5 Å². The summed E-state index contributed by atoms with van der Waals surface area (Å²) in [6, 6.07) is 10.3. The average Bonchev–Trinajstić information content (AvgIpc) is 2.79. The van der Waals surface area contributed by atoms with Crippen molar-refractivity contribution in [3.8, 4) is 11.5 Å². The molecule has 1 saturated heterocycles. The van der Waals surface area contributed by atoms with E-state index in [1.165, 1.54) is 12.6 Å². The van der Waals surface area contributed by atoms with Gasteiger partial charge in [-0.2, -0.15) is 5.10 Å². The summed E-state index contributed by atoms with van der Waals surface area (Å²) in [5.41, 5.74) is 3.44. The van der Waals surface area contributed by atoms with Crippen LogP contribution in [0.4, 0.5) is 0 Å². The van der Waals surface area contributed by atoms with Crippen molar-refractivity contribution in [2.45, 2.75) is 26.2 Å². The van der Waals surface area contributed by atoms with E-state index in [0.29, 0.717) is 18.1 Å². The van der Waals surface area contributed by atoms with Gasteiger partial charge in [0.05, 0.1) is 12.8 Å². The Hall–Kier alpha value is -3.42. The van der Waals surface area contributed by atoms with Gasteiger partial charge in [-0.1, -0.05) is 6.07 Å². The topological polar surface area (TPSA) is 93.1 Å². The summed E-state index contributed by atoms with van der Waals surface area (Å²) >= 11 is 0. The smallest absolute Gasteiger partial charge is 0.289 e. The van der Waals surface area contributed by atoms with Gasteiger partial charge in [0.1, 0.15) is 5.69 Å². The van der Waals surface area contributed by atoms with Crippen molar-refractivity contribution in [1.29, 1.82) is 0 Å². The van der Waals surface area contributed by atoms with E-state index < -0.39 is 5.91 Å². The van der Waals surface area contributed by atoms with E-state index in [-0.39, 0.29) is 18.2 Å². The molecule has 0 saturated carbocycles. The van der Waals surface area contributed by atoms with E-state index in [9.17, 15) is 9.59 Å². The number of hydrogen-bond acceptors (Lipinski definition) is 6. The first-order chi connectivity index (χ1) is 14.7. The largest absolute Gasteiger partial charge is 0.490 e. The van der Waals surface area contributed by atoms with Crippen LogP contribution in [0.5, 0.6) is 11.5 Å². The molecule has 8 heteroatoms. The Bertz CT molecular complexity index is 880. The summed E-state index contributed by atoms with van der Waals surface area (Å²) in [5.74, 6) is 0.605. The summed E-state index contributed by atoms with van der Waals surface area (Å²) in [4.78, 5) is 30.1. The van der Waals surface area contributed by atoms with E-state index in [1.54, 1.807) is 42.6 Å². The minimum absolute atomic E-state index is 0.0139. The molecule has 1 aliphatic rings. The van der Waals surface area contributed by atoms with Crippen molar-refractivity contribution in [3.63, 3.8) is 0 Å². The monoisotopic (exact) mass is 410 g/mol. The molecule has 2 amide bonds. The molecular formula is C22H26N4O4. The predicted octanol–water partition coefficient (Wildman–Crippen LogP) is 2.64. The second-order valence-electron chi connectivity index (χ2n) is 6.78. The minimum Gasteiger partial charge on any atom is -0.490 e. The van der Waals surface area contributed by atoms with Crippen LogP contribution in [-0.2, 0) is 4.79 Å². The zero-order valence-electron chi connectivity index (χ0n) is 17.0. The Balaban J connectivity index is 1.59. The van der Waals surface area contributed by atoms with Crippen molar-refractivity contribution < 1.29 is 19.1 Å². The summed E-state index contributed by atoms with van der Waals surface area (Å²) in [6.45, 7) is 3.89. The second-order valence-corrected chi connectivity index (χ2v) is 6.78. The van der Waals surface area contributed by atoms with Gasteiger partial charge in [-0.15, -0.1) is 0 Å². The van der Waals surface area contributed by atoms with Gasteiger partial charge in [-0.3, -0.25) is 14.6 Å². The number of ether oxygens (including phenoxy) is 2. The van der Waals surface area contributed by atoms with E-state index in [1.807, 2.05) is 11.8 Å². The molecule has 1 N–H and O–H groups in total. The lowest BCUT2D eigenvalue weighted by Gasteiger charge is -2.26. The number of rotatable bonds is 8. The summed E-state index contributed by atoms with van der Waals surface area (Å²) < 4.78 is 11.4. The highest BCUT2D eigenvalue weighted by molar-refractivity contribution is 5.93. The van der Waals surface area contributed by atoms with E-state index in [2.05, 4.69) is 15.5 Å². The number of benzene rings is 1. The number of hydrazone groups is 1. The van der Waals surface area contributed by atoms with Gasteiger partial charge in [-0.05, 0) is 62.1 Å². The first kappa shape index (κ1) is 21.3. The first-order valence-corrected chi connectivity index (χ1v) is 10.1. The molecule has 1 aromatic carbocycles. The van der Waals surface area contributed by atoms with Crippen LogP contribution in [0.15, 0.2) is 47.7 Å². The normalized spacial score (nSPS) is 13.8. The molecule has 0 bridgehead atoms. The lowest BCUT2D eigenvalue weighted by Crippen LogP contribution is -2.38. The maximum atomic E-state index is 12.3. The molecular weight excluding hydrogens is 384 g/mol. The van der Waals surface area contributed by atoms with Gasteiger partial charge < -0.3 is 14.4 Å². The van der Waals surface area contributed by atoms with E-state index in [4.69, 9.17) is 9.47 Å². The Labute approximate surface area is 175 Å². The molecule has 0 unspecified atom stereocenters. The number of piperidine rings is 1. The quantitative estimate of drug-likeness (QED) is 0.533. The lowest BCUT2D eigenvalue weighted by molar-refractivity contribution is -0.134. The van der Waals surface area contributed by atoms with Gasteiger partial charge >= 0.3 is 0 Å². The van der Waals surface area contributed by atoms with Crippen molar-refractivity contribution in [3.05, 3.63) is 53.9 Å². The molecule has 1 fully saturated rings. The number of aromatic nitrogens is 1. The molecule has 0 radical (unpaired) electrons. The highest BCUT2D eigenvalue weighted by Gasteiger charge is 2.17. The van der Waals surface area contributed by atoms with Crippen LogP contribution in [0.1, 0.15) is 42.2 Å². The number of hydrogen-bond donors (Lipinski definition) is 1. The van der Waals surface area contributed by atoms with Crippen LogP contribution in [0.25, 0.3) is 0 Å². The summed E-state index contributed by atoms with van der Waals surface area (Å²) in [7, 11) is 0. The van der Waals surface area contributed by atoms with Crippen molar-refractivity contribution >= 4 is 18.0 Å². The summed E-state index contributed by atoms with van der Waals surface area (Å²) in [5, 5.41) is 3.96. The lowest BCUT2D eigenvalue weighted by atomic mass is 10.1. The molecule has 30 heavy (non-hydrogen) atoms. The van der Waals surface area contributed by atoms with Crippen molar-refractivity contribution in [1.82, 2.24) is 15.3 Å². The Morgan fingerprint density at radius 2 is 1.97 bits per heavy atom. The number of likely N-dealkylation sites (tertiary alicyclic amines) is 1. The second kappa shape index (κ2) is 10.9. The number of nitrogens with zero attached hydrogens (tertiary/aromatic N) is 3. The zero-order valence-corrected chi connectivity index (χ0v) is 17.0. The van der Waals surface area contributed by atoms with Crippen LogP contribution in [0.3, 0.4) is 0 Å². The number of amides is 2. The van der Waals surface area contributed by atoms with E-state index >= 15 is 0 Å². The fraction of sp³-hybridized carbons (Fsp3) is 0.364. The van der Waals surface area contributed by atoms with Crippen LogP contribution < -0.4 is 14.9 Å². The minimum atomic E-state index is -0.395. The third-order valence-electron chi connectivity index (χ3n) is 4.60. The highest BCUT2D eigenvalue weighted by atomic mass is 16.5. The van der Waals surface area contributed by atoms with Crippen LogP contribution in [0, 0.1) is 0 Å². The molecule has 0 aliphatic carbocycles. The molecule has 0 spiro atoms. The Kier molecular flexibility index (Phi) is 7.77.